The number of allylic oxidation sites excluding steroid dienone is 1. The maximum absolute atomic E-state index is 5.23. The molecule has 0 aromatic heterocycles. The summed E-state index contributed by atoms with van der Waals surface area (Å²) in [5, 5.41) is 0. The lowest BCUT2D eigenvalue weighted by molar-refractivity contribution is 0.603. The topological polar surface area (TPSA) is 12.5 Å². The van der Waals surface area contributed by atoms with Crippen LogP contribution in [0.3, 0.4) is 0 Å². The maximum Gasteiger partial charge on any atom is 0.173 e. The Morgan fingerprint density at radius 1 is 1.88 bits per heavy atom. The van der Waals surface area contributed by atoms with Crippen LogP contribution in [-0.2, 0) is 4.52 Å². The zero-order chi connectivity index (χ0) is 5.72. The van der Waals surface area contributed by atoms with Crippen molar-refractivity contribution >= 4 is 24.1 Å². The van der Waals surface area contributed by atoms with Gasteiger partial charge in [-0.25, -0.2) is 0 Å². The summed E-state index contributed by atoms with van der Waals surface area (Å²) in [6.45, 7) is 2.23. The molecule has 2 aliphatic rings. The van der Waals surface area contributed by atoms with Crippen molar-refractivity contribution in [1.82, 2.24) is 0 Å². The van der Waals surface area contributed by atoms with Crippen LogP contribution in [0.15, 0.2) is 9.98 Å². The van der Waals surface area contributed by atoms with Crippen molar-refractivity contribution in [3.8, 4) is 0 Å². The molecule has 2 heterocycles. The maximum atomic E-state index is 5.23. The summed E-state index contributed by atoms with van der Waals surface area (Å²) in [6.07, 6.45) is 1.26. The van der Waals surface area contributed by atoms with Gasteiger partial charge in [-0.05, 0) is 5.92 Å². The molecule has 1 saturated heterocycles. The molecule has 8 heavy (non-hydrogen) atoms. The van der Waals surface area contributed by atoms with E-state index in [1.807, 2.05) is 0 Å². The largest absolute Gasteiger partial charge is 0.461 e. The molecule has 0 aliphatic carbocycles. The van der Waals surface area contributed by atoms with Gasteiger partial charge in [-0.3, -0.25) is 0 Å². The summed E-state index contributed by atoms with van der Waals surface area (Å²) in [5.74, 6) is 0.741. The van der Waals surface area contributed by atoms with Crippen LogP contribution in [0.4, 0.5) is 0 Å². The third-order valence-corrected chi connectivity index (χ3v) is 4.82. The second kappa shape index (κ2) is 1.48. The molecule has 1 fully saturated rings. The third-order valence-electron chi connectivity index (χ3n) is 1.47. The first-order valence-corrected chi connectivity index (χ1v) is 4.88. The number of hydrogen-bond acceptors (Lipinski definition) is 1. The second-order valence-corrected chi connectivity index (χ2v) is 4.77. The number of fused-ring (bicyclic) bond motifs is 1. The predicted octanol–water partition coefficient (Wildman–Crippen LogP) is 2.63. The first kappa shape index (κ1) is 5.25. The minimum Gasteiger partial charge on any atom is -0.461 e. The van der Waals surface area contributed by atoms with Gasteiger partial charge < -0.3 is 4.52 Å². The number of halogens is 1. The molecule has 0 radical (unpaired) electrons. The van der Waals surface area contributed by atoms with Gasteiger partial charge in [0.15, 0.2) is 13.6 Å². The van der Waals surface area contributed by atoms with Crippen molar-refractivity contribution < 1.29 is 4.52 Å². The van der Waals surface area contributed by atoms with E-state index in [9.17, 15) is 0 Å². The molecule has 44 valence electrons. The van der Waals surface area contributed by atoms with Gasteiger partial charge in [0.25, 0.3) is 0 Å². The van der Waals surface area contributed by atoms with Crippen molar-refractivity contribution in [1.29, 1.82) is 0 Å². The molecule has 2 unspecified atom stereocenters. The molecular weight excluding hydrogens is 187 g/mol. The molecule has 0 spiro atoms. The molecule has 0 saturated carbocycles. The Bertz CT molecular complexity index is 166. The molecule has 1 nitrogen and oxygen atoms in total. The standard InChI is InChI=1S/C5H6BrOP/c1-3-2-8-5(7-8)4(3)6/h3H,2H2,1H3. The van der Waals surface area contributed by atoms with Crippen molar-refractivity contribution in [2.75, 3.05) is 6.16 Å². The summed E-state index contributed by atoms with van der Waals surface area (Å²) >= 11 is 3.48. The summed E-state index contributed by atoms with van der Waals surface area (Å²) in [6, 6.07) is 0. The van der Waals surface area contributed by atoms with E-state index >= 15 is 0 Å². The highest BCUT2D eigenvalue weighted by Gasteiger charge is 2.45. The molecule has 0 aromatic rings. The Labute approximate surface area is 58.1 Å². The van der Waals surface area contributed by atoms with Crippen molar-refractivity contribution in [2.24, 2.45) is 5.92 Å². The summed E-state index contributed by atoms with van der Waals surface area (Å²) < 4.78 is 6.56. The molecule has 0 N–H and O–H groups in total. The van der Waals surface area contributed by atoms with Crippen LogP contribution < -0.4 is 0 Å². The fourth-order valence-electron chi connectivity index (χ4n) is 0.907. The lowest BCUT2D eigenvalue weighted by Gasteiger charge is -1.99. The molecule has 0 aromatic carbocycles. The van der Waals surface area contributed by atoms with Crippen LogP contribution >= 0.6 is 24.1 Å². The lowest BCUT2D eigenvalue weighted by atomic mass is 10.2. The van der Waals surface area contributed by atoms with Crippen molar-refractivity contribution in [2.45, 2.75) is 6.92 Å². The van der Waals surface area contributed by atoms with Gasteiger partial charge in [0.05, 0.1) is 0 Å². The highest BCUT2D eigenvalue weighted by molar-refractivity contribution is 9.11. The van der Waals surface area contributed by atoms with Crippen molar-refractivity contribution in [3.63, 3.8) is 0 Å². The monoisotopic (exact) mass is 192 g/mol. The average Bonchev–Trinajstić information content (AvgIpc) is 2.39. The van der Waals surface area contributed by atoms with Gasteiger partial charge in [-0.1, -0.05) is 22.9 Å². The molecule has 2 aliphatic heterocycles. The smallest absolute Gasteiger partial charge is 0.173 e. The van der Waals surface area contributed by atoms with Crippen LogP contribution in [0, 0.1) is 5.92 Å². The van der Waals surface area contributed by atoms with Crippen LogP contribution in [0.5, 0.6) is 0 Å². The molecule has 0 bridgehead atoms. The van der Waals surface area contributed by atoms with Crippen LogP contribution in [0.2, 0.25) is 0 Å². The van der Waals surface area contributed by atoms with Gasteiger partial charge in [0, 0.05) is 10.6 Å². The van der Waals surface area contributed by atoms with E-state index in [0.717, 1.165) is 5.92 Å². The van der Waals surface area contributed by atoms with Gasteiger partial charge >= 0.3 is 0 Å². The normalized spacial score (nSPS) is 41.8. The van der Waals surface area contributed by atoms with Crippen molar-refractivity contribution in [3.05, 3.63) is 9.98 Å². The van der Waals surface area contributed by atoms with E-state index in [4.69, 9.17) is 4.52 Å². The van der Waals surface area contributed by atoms with Crippen LogP contribution in [0.1, 0.15) is 6.92 Å². The quantitative estimate of drug-likeness (QED) is 0.425. The predicted molar refractivity (Wildman–Crippen MR) is 38.0 cm³/mol. The first-order chi connectivity index (χ1) is 3.79. The Morgan fingerprint density at radius 2 is 2.62 bits per heavy atom. The number of hydrogen-bond donors (Lipinski definition) is 0. The molecule has 0 amide bonds. The van der Waals surface area contributed by atoms with E-state index in [1.165, 1.54) is 16.1 Å². The summed E-state index contributed by atoms with van der Waals surface area (Å²) in [4.78, 5) is 0. The van der Waals surface area contributed by atoms with E-state index in [0.29, 0.717) is 0 Å². The zero-order valence-corrected chi connectivity index (χ0v) is 7.00. The molecule has 3 heteroatoms. The second-order valence-electron chi connectivity index (χ2n) is 2.21. The lowest BCUT2D eigenvalue weighted by Crippen LogP contribution is -1.92. The Balaban J connectivity index is 2.32. The van der Waals surface area contributed by atoms with Gasteiger partial charge in [-0.2, -0.15) is 0 Å². The van der Waals surface area contributed by atoms with Crippen LogP contribution in [0.25, 0.3) is 0 Å². The molecular formula is C5H6BrOP. The van der Waals surface area contributed by atoms with E-state index in [1.54, 1.807) is 0 Å². The van der Waals surface area contributed by atoms with E-state index in [2.05, 4.69) is 22.9 Å². The fourth-order valence-corrected chi connectivity index (χ4v) is 3.94. The molecule has 2 rings (SSSR count). The minimum atomic E-state index is -0.0443. The fraction of sp³-hybridized carbons (Fsp3) is 0.600. The summed E-state index contributed by atoms with van der Waals surface area (Å²) in [7, 11) is -0.0443. The van der Waals surface area contributed by atoms with Gasteiger partial charge in [0.1, 0.15) is 0 Å². The van der Waals surface area contributed by atoms with E-state index < -0.39 is 0 Å². The average molecular weight is 193 g/mol. The zero-order valence-electron chi connectivity index (χ0n) is 4.52. The minimum absolute atomic E-state index is 0.0443. The van der Waals surface area contributed by atoms with Gasteiger partial charge in [-0.15, -0.1) is 0 Å². The van der Waals surface area contributed by atoms with Gasteiger partial charge in [0.2, 0.25) is 0 Å². The molecule has 2 atom stereocenters. The highest BCUT2D eigenvalue weighted by Crippen LogP contribution is 2.73. The number of rotatable bonds is 0. The van der Waals surface area contributed by atoms with E-state index in [-0.39, 0.29) is 8.15 Å². The highest BCUT2D eigenvalue weighted by atomic mass is 79.9. The third kappa shape index (κ3) is 0.563. The summed E-state index contributed by atoms with van der Waals surface area (Å²) in [5.41, 5.74) is 1.27. The Morgan fingerprint density at radius 3 is 2.88 bits per heavy atom. The SMILES string of the molecule is CC1CP2OC2=C1Br. The Kier molecular flexibility index (Phi) is 0.974. The first-order valence-electron chi connectivity index (χ1n) is 2.64. The van der Waals surface area contributed by atoms with Crippen LogP contribution in [-0.4, -0.2) is 6.16 Å². The Hall–Kier alpha value is 0.450.